The number of hydrogen-bond acceptors (Lipinski definition) is 2. The van der Waals surface area contributed by atoms with Crippen molar-refractivity contribution in [1.82, 2.24) is 0 Å². The second-order valence-electron chi connectivity index (χ2n) is 6.81. The van der Waals surface area contributed by atoms with E-state index in [-0.39, 0.29) is 0 Å². The van der Waals surface area contributed by atoms with Crippen molar-refractivity contribution in [2.24, 2.45) is 0 Å². The highest BCUT2D eigenvalue weighted by molar-refractivity contribution is 5.63. The van der Waals surface area contributed by atoms with Gasteiger partial charge in [-0.15, -0.1) is 0 Å². The number of benzene rings is 2. The Hall–Kier alpha value is -1.88. The molecule has 0 aromatic heterocycles. The highest BCUT2D eigenvalue weighted by atomic mass is 16.5. The Labute approximate surface area is 151 Å². The van der Waals surface area contributed by atoms with Crippen LogP contribution in [0.1, 0.15) is 0 Å². The van der Waals surface area contributed by atoms with Crippen molar-refractivity contribution in [3.05, 3.63) is 54.6 Å². The monoisotopic (exact) mass is 342 g/mol. The fourth-order valence-corrected chi connectivity index (χ4v) is 3.19. The molecule has 0 atom stereocenters. The lowest BCUT2D eigenvalue weighted by molar-refractivity contribution is -1.00. The third-order valence-corrected chi connectivity index (χ3v) is 4.87. The van der Waals surface area contributed by atoms with E-state index in [0.29, 0.717) is 13.2 Å². The molecule has 1 heterocycles. The van der Waals surface area contributed by atoms with Gasteiger partial charge in [-0.1, -0.05) is 42.5 Å². The zero-order chi connectivity index (χ0) is 17.3. The Balaban J connectivity index is 1.30. The van der Waals surface area contributed by atoms with Gasteiger partial charge in [-0.3, -0.25) is 0 Å². The third-order valence-electron chi connectivity index (χ3n) is 4.87. The van der Waals surface area contributed by atoms with E-state index in [1.165, 1.54) is 37.3 Å². The molecule has 25 heavy (non-hydrogen) atoms. The smallest absolute Gasteiger partial charge is 0.127 e. The van der Waals surface area contributed by atoms with Crippen LogP contribution in [-0.4, -0.2) is 59.6 Å². The maximum atomic E-state index is 5.77. The minimum atomic E-state index is 0.604. The van der Waals surface area contributed by atoms with Crippen molar-refractivity contribution < 1.29 is 19.3 Å². The topological polar surface area (TPSA) is 27.3 Å². The van der Waals surface area contributed by atoms with Gasteiger partial charge < -0.3 is 19.3 Å². The molecule has 0 amide bonds. The van der Waals surface area contributed by atoms with Gasteiger partial charge in [0.2, 0.25) is 0 Å². The number of likely N-dealkylation sites (N-methyl/N-ethyl adjacent to an activating group) is 1. The van der Waals surface area contributed by atoms with Crippen LogP contribution in [0.4, 0.5) is 0 Å². The van der Waals surface area contributed by atoms with Gasteiger partial charge >= 0.3 is 0 Å². The Kier molecular flexibility index (Phi) is 6.86. The Morgan fingerprint density at radius 1 is 0.760 bits per heavy atom. The van der Waals surface area contributed by atoms with Crippen molar-refractivity contribution >= 4 is 0 Å². The lowest BCUT2D eigenvalue weighted by Crippen LogP contribution is -3.27. The molecule has 1 aliphatic heterocycles. The standard InChI is InChI=1S/C21H28N2O2/c1-22-11-13-23(14-12-22)15-16-24-17-18-25-21-9-7-20(8-10-21)19-5-3-2-4-6-19/h2-10H,11-18H2,1H3/p+2. The van der Waals surface area contributed by atoms with Gasteiger partial charge in [0, 0.05) is 0 Å². The molecule has 2 aromatic carbocycles. The summed E-state index contributed by atoms with van der Waals surface area (Å²) in [5.41, 5.74) is 2.44. The van der Waals surface area contributed by atoms with Crippen LogP contribution in [-0.2, 0) is 4.74 Å². The summed E-state index contributed by atoms with van der Waals surface area (Å²) in [7, 11) is 2.27. The summed E-state index contributed by atoms with van der Waals surface area (Å²) in [6.07, 6.45) is 0. The van der Waals surface area contributed by atoms with Crippen LogP contribution < -0.4 is 14.5 Å². The fourth-order valence-electron chi connectivity index (χ4n) is 3.19. The van der Waals surface area contributed by atoms with Crippen LogP contribution in [0.25, 0.3) is 11.1 Å². The first-order valence-corrected chi connectivity index (χ1v) is 9.32. The van der Waals surface area contributed by atoms with Crippen LogP contribution in [0.15, 0.2) is 54.6 Å². The van der Waals surface area contributed by atoms with Crippen molar-refractivity contribution in [2.45, 2.75) is 0 Å². The minimum Gasteiger partial charge on any atom is -0.491 e. The summed E-state index contributed by atoms with van der Waals surface area (Å²) in [5, 5.41) is 0. The van der Waals surface area contributed by atoms with Crippen molar-refractivity contribution in [3.63, 3.8) is 0 Å². The number of quaternary nitrogens is 2. The highest BCUT2D eigenvalue weighted by Gasteiger charge is 2.18. The molecule has 2 aromatic rings. The molecule has 1 saturated heterocycles. The molecule has 1 fully saturated rings. The van der Waals surface area contributed by atoms with Gasteiger partial charge in [0.1, 0.15) is 45.1 Å². The lowest BCUT2D eigenvalue weighted by atomic mass is 10.1. The average Bonchev–Trinajstić information content (AvgIpc) is 2.67. The second kappa shape index (κ2) is 9.56. The van der Waals surface area contributed by atoms with Crippen molar-refractivity contribution in [1.29, 1.82) is 0 Å². The number of ether oxygens (including phenoxy) is 2. The molecule has 0 aliphatic carbocycles. The molecule has 4 nitrogen and oxygen atoms in total. The predicted molar refractivity (Wildman–Crippen MR) is 100 cm³/mol. The van der Waals surface area contributed by atoms with Gasteiger partial charge in [0.25, 0.3) is 0 Å². The van der Waals surface area contributed by atoms with Crippen LogP contribution in [0.2, 0.25) is 0 Å². The Bertz CT molecular complexity index is 608. The van der Waals surface area contributed by atoms with E-state index >= 15 is 0 Å². The highest BCUT2D eigenvalue weighted by Crippen LogP contribution is 2.21. The first-order valence-electron chi connectivity index (χ1n) is 9.32. The van der Waals surface area contributed by atoms with Gasteiger partial charge in [0.05, 0.1) is 20.3 Å². The zero-order valence-electron chi connectivity index (χ0n) is 15.2. The first kappa shape index (κ1) is 17.9. The van der Waals surface area contributed by atoms with Gasteiger partial charge in [-0.05, 0) is 23.3 Å². The third kappa shape index (κ3) is 5.85. The first-order chi connectivity index (χ1) is 12.3. The van der Waals surface area contributed by atoms with Gasteiger partial charge in [-0.25, -0.2) is 0 Å². The van der Waals surface area contributed by atoms with Crippen LogP contribution in [0, 0.1) is 0 Å². The minimum absolute atomic E-state index is 0.604. The maximum Gasteiger partial charge on any atom is 0.127 e. The summed E-state index contributed by atoms with van der Waals surface area (Å²) in [4.78, 5) is 3.32. The van der Waals surface area contributed by atoms with Gasteiger partial charge in [-0.2, -0.15) is 0 Å². The number of piperazine rings is 1. The van der Waals surface area contributed by atoms with Gasteiger partial charge in [0.15, 0.2) is 0 Å². The van der Waals surface area contributed by atoms with E-state index < -0.39 is 0 Å². The Morgan fingerprint density at radius 3 is 2.16 bits per heavy atom. The van der Waals surface area contributed by atoms with E-state index in [9.17, 15) is 0 Å². The molecular formula is C21H30N2O2+2. The molecule has 0 unspecified atom stereocenters. The predicted octanol–water partition coefficient (Wildman–Crippen LogP) is 0.162. The van der Waals surface area contributed by atoms with E-state index in [1.807, 2.05) is 18.2 Å². The van der Waals surface area contributed by atoms with E-state index in [0.717, 1.165) is 18.9 Å². The molecule has 1 aliphatic rings. The van der Waals surface area contributed by atoms with Crippen LogP contribution in [0.3, 0.4) is 0 Å². The van der Waals surface area contributed by atoms with E-state index in [4.69, 9.17) is 9.47 Å². The average molecular weight is 342 g/mol. The fraction of sp³-hybridized carbons (Fsp3) is 0.429. The molecule has 3 rings (SSSR count). The second-order valence-corrected chi connectivity index (χ2v) is 6.81. The molecule has 0 radical (unpaired) electrons. The van der Waals surface area contributed by atoms with Crippen molar-refractivity contribution in [3.8, 4) is 16.9 Å². The summed E-state index contributed by atoms with van der Waals surface area (Å²) >= 11 is 0. The van der Waals surface area contributed by atoms with E-state index in [1.54, 1.807) is 9.80 Å². The van der Waals surface area contributed by atoms with E-state index in [2.05, 4.69) is 43.4 Å². The summed E-state index contributed by atoms with van der Waals surface area (Å²) in [5.74, 6) is 0.899. The maximum absolute atomic E-state index is 5.77. The quantitative estimate of drug-likeness (QED) is 0.669. The normalized spacial score (nSPS) is 20.4. The number of nitrogens with one attached hydrogen (secondary N) is 2. The lowest BCUT2D eigenvalue weighted by Gasteiger charge is -2.27. The SMILES string of the molecule is C[NH+]1CC[NH+](CCOCCOc2ccc(-c3ccccc3)cc2)CC1. The molecule has 0 bridgehead atoms. The largest absolute Gasteiger partial charge is 0.491 e. The number of rotatable bonds is 8. The van der Waals surface area contributed by atoms with Crippen LogP contribution in [0.5, 0.6) is 5.75 Å². The molecule has 2 N–H and O–H groups in total. The zero-order valence-corrected chi connectivity index (χ0v) is 15.2. The molecule has 0 saturated carbocycles. The van der Waals surface area contributed by atoms with Crippen molar-refractivity contribution in [2.75, 3.05) is 59.6 Å². The molecular weight excluding hydrogens is 312 g/mol. The number of hydrogen-bond donors (Lipinski definition) is 2. The Morgan fingerprint density at radius 2 is 1.44 bits per heavy atom. The molecule has 4 heteroatoms. The molecule has 0 spiro atoms. The van der Waals surface area contributed by atoms with Crippen LogP contribution >= 0.6 is 0 Å². The summed E-state index contributed by atoms with van der Waals surface area (Å²) in [6.45, 7) is 8.27. The summed E-state index contributed by atoms with van der Waals surface area (Å²) < 4.78 is 11.5. The summed E-state index contributed by atoms with van der Waals surface area (Å²) in [6, 6.07) is 18.6. The molecule has 134 valence electrons.